The number of likely N-dealkylation sites (tertiary alicyclic amines) is 1. The molecule has 4 rings (SSSR count). The molecule has 8 nitrogen and oxygen atoms in total. The van der Waals surface area contributed by atoms with E-state index in [1.807, 2.05) is 50.6 Å². The lowest BCUT2D eigenvalue weighted by molar-refractivity contribution is -0.0394. The Kier molecular flexibility index (Phi) is 5.13. The van der Waals surface area contributed by atoms with Gasteiger partial charge in [0.15, 0.2) is 0 Å². The zero-order valence-electron chi connectivity index (χ0n) is 18.3. The molecule has 0 atom stereocenters. The average Bonchev–Trinajstić information content (AvgIpc) is 3.04. The number of aromatic nitrogens is 3. The minimum Gasteiger partial charge on any atom is -0.507 e. The molecule has 1 saturated heterocycles. The van der Waals surface area contributed by atoms with Gasteiger partial charge >= 0.3 is 6.09 Å². The third-order valence-corrected chi connectivity index (χ3v) is 5.70. The van der Waals surface area contributed by atoms with E-state index >= 15 is 0 Å². The summed E-state index contributed by atoms with van der Waals surface area (Å²) in [5, 5.41) is 30.1. The first-order valence-electron chi connectivity index (χ1n) is 10.4. The summed E-state index contributed by atoms with van der Waals surface area (Å²) in [5.74, 6) is 0.138. The summed E-state index contributed by atoms with van der Waals surface area (Å²) in [5.41, 5.74) is 1.74. The molecule has 0 unspecified atom stereocenters. The van der Waals surface area contributed by atoms with Crippen LogP contribution in [0, 0.1) is 0 Å². The van der Waals surface area contributed by atoms with E-state index in [4.69, 9.17) is 4.74 Å². The van der Waals surface area contributed by atoms with Crippen LogP contribution in [0.4, 0.5) is 4.79 Å². The lowest BCUT2D eigenvalue weighted by Gasteiger charge is -2.38. The monoisotopic (exact) mass is 424 g/mol. The second-order valence-electron chi connectivity index (χ2n) is 9.10. The summed E-state index contributed by atoms with van der Waals surface area (Å²) in [7, 11) is 1.88. The van der Waals surface area contributed by atoms with Gasteiger partial charge in [0.2, 0.25) is 0 Å². The van der Waals surface area contributed by atoms with Gasteiger partial charge in [0.25, 0.3) is 0 Å². The largest absolute Gasteiger partial charge is 0.507 e. The van der Waals surface area contributed by atoms with Gasteiger partial charge in [-0.3, -0.25) is 0 Å². The summed E-state index contributed by atoms with van der Waals surface area (Å²) in [6.45, 7) is 6.32. The van der Waals surface area contributed by atoms with Crippen molar-refractivity contribution in [3.63, 3.8) is 0 Å². The molecular weight excluding hydrogens is 396 g/mol. The number of ether oxygens (including phenoxy) is 1. The SMILES string of the molecule is Cn1c(C2(O)CCN(C(=O)OC(C)(C)C)CC2)cc2nnc(-c3ccccc3O)cc21. The lowest BCUT2D eigenvalue weighted by Crippen LogP contribution is -2.47. The zero-order chi connectivity index (χ0) is 22.4. The number of piperidine rings is 1. The second-order valence-corrected chi connectivity index (χ2v) is 9.10. The van der Waals surface area contributed by atoms with Crippen molar-refractivity contribution in [2.75, 3.05) is 13.1 Å². The number of fused-ring (bicyclic) bond motifs is 1. The fourth-order valence-electron chi connectivity index (χ4n) is 4.03. The summed E-state index contributed by atoms with van der Waals surface area (Å²) in [6.07, 6.45) is 0.441. The maximum absolute atomic E-state index is 12.3. The molecule has 0 aliphatic carbocycles. The van der Waals surface area contributed by atoms with E-state index in [0.717, 1.165) is 11.2 Å². The standard InChI is InChI=1S/C23H28N4O4/c1-22(2,3)31-21(29)27-11-9-23(30,10-12-27)20-14-17-18(26(20)4)13-16(24-25-17)15-7-5-6-8-19(15)28/h5-8,13-14,28,30H,9-12H2,1-4H3. The molecule has 0 saturated carbocycles. The van der Waals surface area contributed by atoms with Crippen molar-refractivity contribution in [2.45, 2.75) is 44.8 Å². The van der Waals surface area contributed by atoms with E-state index in [1.165, 1.54) is 0 Å². The molecule has 1 aliphatic heterocycles. The number of nitrogens with zero attached hydrogens (tertiary/aromatic N) is 4. The normalized spacial score (nSPS) is 16.5. The smallest absolute Gasteiger partial charge is 0.410 e. The van der Waals surface area contributed by atoms with Gasteiger partial charge in [-0.15, -0.1) is 10.2 Å². The topological polar surface area (TPSA) is 101 Å². The quantitative estimate of drug-likeness (QED) is 0.652. The molecule has 3 heterocycles. The van der Waals surface area contributed by atoms with E-state index in [2.05, 4.69) is 10.2 Å². The Morgan fingerprint density at radius 2 is 1.81 bits per heavy atom. The highest BCUT2D eigenvalue weighted by Crippen LogP contribution is 2.36. The first-order chi connectivity index (χ1) is 14.6. The maximum Gasteiger partial charge on any atom is 0.410 e. The molecule has 8 heteroatoms. The zero-order valence-corrected chi connectivity index (χ0v) is 18.3. The number of carbonyl (C=O) groups excluding carboxylic acids is 1. The number of hydrogen-bond donors (Lipinski definition) is 2. The molecule has 164 valence electrons. The van der Waals surface area contributed by atoms with Crippen LogP contribution in [0.5, 0.6) is 5.75 Å². The Bertz CT molecular complexity index is 1120. The van der Waals surface area contributed by atoms with Crippen LogP contribution >= 0.6 is 0 Å². The van der Waals surface area contributed by atoms with Crippen molar-refractivity contribution in [2.24, 2.45) is 7.05 Å². The minimum atomic E-state index is -1.08. The fourth-order valence-corrected chi connectivity index (χ4v) is 4.03. The molecule has 0 radical (unpaired) electrons. The molecule has 2 N–H and O–H groups in total. The average molecular weight is 425 g/mol. The highest BCUT2D eigenvalue weighted by Gasteiger charge is 2.39. The number of aliphatic hydroxyl groups is 1. The van der Waals surface area contributed by atoms with Crippen molar-refractivity contribution < 1.29 is 19.7 Å². The van der Waals surface area contributed by atoms with Crippen LogP contribution in [0.15, 0.2) is 36.4 Å². The minimum absolute atomic E-state index is 0.138. The van der Waals surface area contributed by atoms with Gasteiger partial charge in [-0.2, -0.15) is 0 Å². The Labute approximate surface area is 181 Å². The molecule has 3 aromatic rings. The second kappa shape index (κ2) is 7.53. The van der Waals surface area contributed by atoms with Gasteiger partial charge in [0.05, 0.1) is 16.9 Å². The first-order valence-corrected chi connectivity index (χ1v) is 10.4. The van der Waals surface area contributed by atoms with Crippen LogP contribution in [0.2, 0.25) is 0 Å². The third kappa shape index (κ3) is 4.07. The van der Waals surface area contributed by atoms with E-state index < -0.39 is 11.2 Å². The van der Waals surface area contributed by atoms with Crippen LogP contribution < -0.4 is 0 Å². The van der Waals surface area contributed by atoms with Crippen molar-refractivity contribution in [1.82, 2.24) is 19.7 Å². The molecule has 0 bridgehead atoms. The van der Waals surface area contributed by atoms with Crippen LogP contribution in [0.25, 0.3) is 22.3 Å². The van der Waals surface area contributed by atoms with Crippen molar-refractivity contribution in [1.29, 1.82) is 0 Å². The van der Waals surface area contributed by atoms with Crippen LogP contribution in [-0.2, 0) is 17.4 Å². The molecule has 0 spiro atoms. The molecule has 1 fully saturated rings. The number of phenolic OH excluding ortho intramolecular Hbond substituents is 1. The number of aromatic hydroxyl groups is 1. The number of carbonyl (C=O) groups is 1. The summed E-state index contributed by atoms with van der Waals surface area (Å²) in [6, 6.07) is 10.7. The Hall–Kier alpha value is -3.13. The summed E-state index contributed by atoms with van der Waals surface area (Å²) >= 11 is 0. The molecule has 31 heavy (non-hydrogen) atoms. The van der Waals surface area contributed by atoms with E-state index in [-0.39, 0.29) is 11.8 Å². The number of hydrogen-bond acceptors (Lipinski definition) is 6. The predicted octanol–water partition coefficient (Wildman–Crippen LogP) is 3.56. The summed E-state index contributed by atoms with van der Waals surface area (Å²) < 4.78 is 7.36. The van der Waals surface area contributed by atoms with E-state index in [0.29, 0.717) is 42.7 Å². The van der Waals surface area contributed by atoms with Crippen molar-refractivity contribution in [3.05, 3.63) is 42.1 Å². The van der Waals surface area contributed by atoms with Gasteiger partial charge in [0.1, 0.15) is 22.5 Å². The van der Waals surface area contributed by atoms with Gasteiger partial charge in [0, 0.05) is 25.7 Å². The lowest BCUT2D eigenvalue weighted by atomic mass is 9.88. The van der Waals surface area contributed by atoms with Gasteiger partial charge in [-0.1, -0.05) is 12.1 Å². The number of aryl methyl sites for hydroxylation is 1. The van der Waals surface area contributed by atoms with Crippen LogP contribution in [0.1, 0.15) is 39.3 Å². The van der Waals surface area contributed by atoms with Gasteiger partial charge < -0.3 is 24.4 Å². The third-order valence-electron chi connectivity index (χ3n) is 5.70. The molecule has 2 aromatic heterocycles. The molecule has 1 aliphatic rings. The van der Waals surface area contributed by atoms with Crippen molar-refractivity contribution in [3.8, 4) is 17.0 Å². The van der Waals surface area contributed by atoms with Crippen molar-refractivity contribution >= 4 is 17.1 Å². The van der Waals surface area contributed by atoms with Gasteiger partial charge in [-0.25, -0.2) is 4.79 Å². The number of amides is 1. The number of para-hydroxylation sites is 1. The Balaban J connectivity index is 1.59. The van der Waals surface area contributed by atoms with Crippen LogP contribution in [0.3, 0.4) is 0 Å². The Morgan fingerprint density at radius 3 is 2.45 bits per heavy atom. The summed E-state index contributed by atoms with van der Waals surface area (Å²) in [4.78, 5) is 14.0. The number of benzene rings is 1. The highest BCUT2D eigenvalue weighted by atomic mass is 16.6. The van der Waals surface area contributed by atoms with E-state index in [9.17, 15) is 15.0 Å². The fraction of sp³-hybridized carbons (Fsp3) is 0.435. The van der Waals surface area contributed by atoms with Crippen LogP contribution in [-0.4, -0.2) is 54.7 Å². The van der Waals surface area contributed by atoms with E-state index in [1.54, 1.807) is 23.1 Å². The molecule has 1 aromatic carbocycles. The predicted molar refractivity (Wildman–Crippen MR) is 117 cm³/mol. The maximum atomic E-state index is 12.3. The number of phenols is 1. The Morgan fingerprint density at radius 1 is 1.13 bits per heavy atom. The van der Waals surface area contributed by atoms with Gasteiger partial charge in [-0.05, 0) is 57.9 Å². The first kappa shape index (κ1) is 21.1. The highest BCUT2D eigenvalue weighted by molar-refractivity contribution is 5.82. The molecule has 1 amide bonds. The number of rotatable bonds is 2. The molecular formula is C23H28N4O4.